The van der Waals surface area contributed by atoms with E-state index in [1.807, 2.05) is 36.2 Å². The Kier molecular flexibility index (Phi) is 5.65. The van der Waals surface area contributed by atoms with Crippen LogP contribution in [0.5, 0.6) is 0 Å². The molecule has 3 heterocycles. The third-order valence-electron chi connectivity index (χ3n) is 5.08. The van der Waals surface area contributed by atoms with Gasteiger partial charge < -0.3 is 14.7 Å². The van der Waals surface area contributed by atoms with Crippen molar-refractivity contribution in [2.45, 2.75) is 6.54 Å². The molecule has 4 rings (SSSR count). The molecule has 1 aromatic carbocycles. The molecule has 0 atom stereocenters. The van der Waals surface area contributed by atoms with Gasteiger partial charge in [-0.05, 0) is 17.7 Å². The highest BCUT2D eigenvalue weighted by Gasteiger charge is 2.24. The topological polar surface area (TPSA) is 65.5 Å². The highest BCUT2D eigenvalue weighted by molar-refractivity contribution is 5.95. The molecule has 148 valence electrons. The Balaban J connectivity index is 1.40. The molecule has 7 nitrogen and oxygen atoms in total. The van der Waals surface area contributed by atoms with E-state index in [1.54, 1.807) is 30.9 Å². The van der Waals surface area contributed by atoms with Crippen molar-refractivity contribution < 1.29 is 4.79 Å². The van der Waals surface area contributed by atoms with Gasteiger partial charge in [-0.2, -0.15) is 0 Å². The second kappa shape index (κ2) is 8.68. The number of rotatable bonds is 5. The standard InChI is InChI=1S/C22H24N6O/c1-26(17-18-6-3-2-4-7-18)20-14-19(15-23-16-20)21(29)27-10-12-28(13-11-27)22-24-8-5-9-25-22/h2-9,14-16H,10-13,17H2,1H3. The lowest BCUT2D eigenvalue weighted by molar-refractivity contribution is 0.0746. The Labute approximate surface area is 170 Å². The molecule has 1 aliphatic heterocycles. The van der Waals surface area contributed by atoms with E-state index in [9.17, 15) is 4.79 Å². The molecule has 1 amide bonds. The van der Waals surface area contributed by atoms with E-state index in [0.29, 0.717) is 24.6 Å². The molecular formula is C22H24N6O. The predicted octanol–water partition coefficient (Wildman–Crippen LogP) is 2.47. The zero-order chi connectivity index (χ0) is 20.1. The number of piperazine rings is 1. The molecule has 0 saturated carbocycles. The summed E-state index contributed by atoms with van der Waals surface area (Å²) in [6.07, 6.45) is 6.92. The van der Waals surface area contributed by atoms with Gasteiger partial charge in [-0.1, -0.05) is 30.3 Å². The van der Waals surface area contributed by atoms with Crippen LogP contribution in [0, 0.1) is 0 Å². The van der Waals surface area contributed by atoms with Crippen LogP contribution in [0.25, 0.3) is 0 Å². The van der Waals surface area contributed by atoms with Gasteiger partial charge in [0.2, 0.25) is 5.95 Å². The number of anilines is 2. The van der Waals surface area contributed by atoms with Crippen molar-refractivity contribution in [3.8, 4) is 0 Å². The van der Waals surface area contributed by atoms with E-state index in [2.05, 4.69) is 36.9 Å². The van der Waals surface area contributed by atoms with Crippen LogP contribution in [0.1, 0.15) is 15.9 Å². The van der Waals surface area contributed by atoms with Crippen LogP contribution < -0.4 is 9.80 Å². The SMILES string of the molecule is CN(Cc1ccccc1)c1cncc(C(=O)N2CCN(c3ncccn3)CC2)c1. The van der Waals surface area contributed by atoms with E-state index in [1.165, 1.54) is 5.56 Å². The van der Waals surface area contributed by atoms with Crippen LogP contribution in [0.15, 0.2) is 67.3 Å². The monoisotopic (exact) mass is 388 g/mol. The number of benzene rings is 1. The van der Waals surface area contributed by atoms with Crippen molar-refractivity contribution in [2.75, 3.05) is 43.0 Å². The second-order valence-electron chi connectivity index (χ2n) is 7.10. The fraction of sp³-hybridized carbons (Fsp3) is 0.273. The fourth-order valence-corrected chi connectivity index (χ4v) is 3.45. The Hall–Kier alpha value is -3.48. The maximum absolute atomic E-state index is 13.0. The first-order valence-corrected chi connectivity index (χ1v) is 9.72. The van der Waals surface area contributed by atoms with Crippen LogP contribution in [0.4, 0.5) is 11.6 Å². The maximum Gasteiger partial charge on any atom is 0.255 e. The van der Waals surface area contributed by atoms with Crippen molar-refractivity contribution >= 4 is 17.5 Å². The highest BCUT2D eigenvalue weighted by atomic mass is 16.2. The van der Waals surface area contributed by atoms with Crippen LogP contribution in [0.3, 0.4) is 0 Å². The van der Waals surface area contributed by atoms with Gasteiger partial charge >= 0.3 is 0 Å². The molecule has 0 unspecified atom stereocenters. The molecule has 0 radical (unpaired) electrons. The minimum Gasteiger partial charge on any atom is -0.369 e. The van der Waals surface area contributed by atoms with Crippen molar-refractivity contribution in [2.24, 2.45) is 0 Å². The summed E-state index contributed by atoms with van der Waals surface area (Å²) >= 11 is 0. The fourth-order valence-electron chi connectivity index (χ4n) is 3.45. The first-order chi connectivity index (χ1) is 14.2. The second-order valence-corrected chi connectivity index (χ2v) is 7.10. The van der Waals surface area contributed by atoms with Gasteiger partial charge in [0.25, 0.3) is 5.91 Å². The molecule has 7 heteroatoms. The van der Waals surface area contributed by atoms with Crippen molar-refractivity contribution in [3.63, 3.8) is 0 Å². The molecule has 29 heavy (non-hydrogen) atoms. The van der Waals surface area contributed by atoms with Crippen molar-refractivity contribution in [3.05, 3.63) is 78.4 Å². The summed E-state index contributed by atoms with van der Waals surface area (Å²) in [5.41, 5.74) is 2.76. The van der Waals surface area contributed by atoms with E-state index in [-0.39, 0.29) is 5.91 Å². The lowest BCUT2D eigenvalue weighted by atomic mass is 10.2. The van der Waals surface area contributed by atoms with Crippen molar-refractivity contribution in [1.29, 1.82) is 0 Å². The molecule has 1 saturated heterocycles. The Morgan fingerprint density at radius 2 is 1.72 bits per heavy atom. The van der Waals surface area contributed by atoms with Gasteiger partial charge in [0, 0.05) is 58.4 Å². The molecule has 1 aliphatic rings. The van der Waals surface area contributed by atoms with Gasteiger partial charge in [-0.3, -0.25) is 9.78 Å². The minimum atomic E-state index is 0.0149. The molecule has 0 N–H and O–H groups in total. The minimum absolute atomic E-state index is 0.0149. The van der Waals surface area contributed by atoms with Gasteiger partial charge in [0.1, 0.15) is 0 Å². The average Bonchev–Trinajstić information content (AvgIpc) is 2.80. The van der Waals surface area contributed by atoms with Crippen LogP contribution >= 0.6 is 0 Å². The molecule has 3 aromatic rings. The summed E-state index contributed by atoms with van der Waals surface area (Å²) in [5.74, 6) is 0.729. The number of amides is 1. The van der Waals surface area contributed by atoms with Gasteiger partial charge in [0.05, 0.1) is 17.4 Å². The first-order valence-electron chi connectivity index (χ1n) is 9.72. The molecule has 0 spiro atoms. The highest BCUT2D eigenvalue weighted by Crippen LogP contribution is 2.18. The van der Waals surface area contributed by atoms with E-state index in [4.69, 9.17) is 0 Å². The quantitative estimate of drug-likeness (QED) is 0.669. The Morgan fingerprint density at radius 1 is 1.00 bits per heavy atom. The maximum atomic E-state index is 13.0. The molecule has 1 fully saturated rings. The normalized spacial score (nSPS) is 14.0. The van der Waals surface area contributed by atoms with E-state index in [0.717, 1.165) is 25.3 Å². The molecule has 2 aromatic heterocycles. The summed E-state index contributed by atoms with van der Waals surface area (Å²) < 4.78 is 0. The summed E-state index contributed by atoms with van der Waals surface area (Å²) in [4.78, 5) is 32.0. The summed E-state index contributed by atoms with van der Waals surface area (Å²) in [7, 11) is 2.01. The van der Waals surface area contributed by atoms with Crippen LogP contribution in [-0.2, 0) is 6.54 Å². The summed E-state index contributed by atoms with van der Waals surface area (Å²) in [6, 6.07) is 14.0. The van der Waals surface area contributed by atoms with Gasteiger partial charge in [-0.25, -0.2) is 9.97 Å². The van der Waals surface area contributed by atoms with Gasteiger partial charge in [0.15, 0.2) is 0 Å². The number of nitrogens with zero attached hydrogens (tertiary/aromatic N) is 6. The molecule has 0 aliphatic carbocycles. The third-order valence-corrected chi connectivity index (χ3v) is 5.08. The number of hydrogen-bond acceptors (Lipinski definition) is 6. The number of carbonyl (C=O) groups excluding carboxylic acids is 1. The number of pyridine rings is 1. The Morgan fingerprint density at radius 3 is 2.45 bits per heavy atom. The summed E-state index contributed by atoms with van der Waals surface area (Å²) in [5, 5.41) is 0. The summed E-state index contributed by atoms with van der Waals surface area (Å²) in [6.45, 7) is 3.48. The zero-order valence-electron chi connectivity index (χ0n) is 16.5. The van der Waals surface area contributed by atoms with Crippen LogP contribution in [-0.4, -0.2) is 59.0 Å². The van der Waals surface area contributed by atoms with Gasteiger partial charge in [-0.15, -0.1) is 0 Å². The third kappa shape index (κ3) is 4.51. The van der Waals surface area contributed by atoms with E-state index >= 15 is 0 Å². The Bertz CT molecular complexity index is 942. The van der Waals surface area contributed by atoms with Crippen LogP contribution in [0.2, 0.25) is 0 Å². The van der Waals surface area contributed by atoms with E-state index < -0.39 is 0 Å². The smallest absolute Gasteiger partial charge is 0.255 e. The predicted molar refractivity (Wildman–Crippen MR) is 113 cm³/mol. The number of hydrogen-bond donors (Lipinski definition) is 0. The number of aromatic nitrogens is 3. The lowest BCUT2D eigenvalue weighted by Gasteiger charge is -2.34. The van der Waals surface area contributed by atoms with Crippen molar-refractivity contribution in [1.82, 2.24) is 19.9 Å². The number of carbonyl (C=O) groups is 1. The molecule has 0 bridgehead atoms. The lowest BCUT2D eigenvalue weighted by Crippen LogP contribution is -2.49. The largest absolute Gasteiger partial charge is 0.369 e. The first kappa shape index (κ1) is 18.9. The average molecular weight is 388 g/mol. The molecular weight excluding hydrogens is 364 g/mol. The zero-order valence-corrected chi connectivity index (χ0v) is 16.5.